The molecule has 1 rings (SSSR count). The van der Waals surface area contributed by atoms with Crippen molar-refractivity contribution in [2.45, 2.75) is 26.7 Å². The van der Waals surface area contributed by atoms with E-state index >= 15 is 0 Å². The minimum absolute atomic E-state index is 1.01. The predicted octanol–water partition coefficient (Wildman–Crippen LogP) is 1.78. The molecule has 1 aliphatic heterocycles. The second-order valence-corrected chi connectivity index (χ2v) is 3.21. The van der Waals surface area contributed by atoms with E-state index in [9.17, 15) is 0 Å². The molecule has 0 spiro atoms. The van der Waals surface area contributed by atoms with Crippen molar-refractivity contribution in [2.24, 2.45) is 4.99 Å². The van der Waals surface area contributed by atoms with Crippen LogP contribution in [0.15, 0.2) is 16.1 Å². The molecule has 0 bridgehead atoms. The lowest BCUT2D eigenvalue weighted by molar-refractivity contribution is 0.722. The molecule has 0 saturated carbocycles. The van der Waals surface area contributed by atoms with Crippen LogP contribution < -0.4 is 5.32 Å². The SMILES string of the molecule is CC/C(C)=C1\CNCCC1=NC. The van der Waals surface area contributed by atoms with Crippen molar-refractivity contribution in [2.75, 3.05) is 20.1 Å². The zero-order valence-electron chi connectivity index (χ0n) is 8.28. The standard InChI is InChI=1S/C10H18N2/c1-4-8(2)9-7-12-6-5-10(9)11-3/h12H,4-7H2,1-3H3/b9-8+,11-10?. The first kappa shape index (κ1) is 9.46. The molecular formula is C10H18N2. The van der Waals surface area contributed by atoms with E-state index in [0.29, 0.717) is 0 Å². The summed E-state index contributed by atoms with van der Waals surface area (Å²) in [5.41, 5.74) is 4.21. The van der Waals surface area contributed by atoms with Gasteiger partial charge in [-0.15, -0.1) is 0 Å². The van der Waals surface area contributed by atoms with Crippen LogP contribution in [-0.2, 0) is 0 Å². The van der Waals surface area contributed by atoms with Gasteiger partial charge in [-0.1, -0.05) is 12.5 Å². The fourth-order valence-electron chi connectivity index (χ4n) is 1.53. The number of nitrogens with zero attached hydrogens (tertiary/aromatic N) is 1. The van der Waals surface area contributed by atoms with E-state index < -0.39 is 0 Å². The number of hydrogen-bond donors (Lipinski definition) is 1. The van der Waals surface area contributed by atoms with Crippen LogP contribution in [-0.4, -0.2) is 25.8 Å². The number of hydrogen-bond acceptors (Lipinski definition) is 2. The largest absolute Gasteiger partial charge is 0.312 e. The summed E-state index contributed by atoms with van der Waals surface area (Å²) < 4.78 is 0. The lowest BCUT2D eigenvalue weighted by Crippen LogP contribution is -2.31. The van der Waals surface area contributed by atoms with Crippen LogP contribution in [0.25, 0.3) is 0 Å². The second kappa shape index (κ2) is 4.41. The maximum atomic E-state index is 4.32. The lowest BCUT2D eigenvalue weighted by Gasteiger charge is -2.20. The predicted molar refractivity (Wildman–Crippen MR) is 53.8 cm³/mol. The first-order valence-electron chi connectivity index (χ1n) is 4.65. The van der Waals surface area contributed by atoms with Crippen molar-refractivity contribution < 1.29 is 0 Å². The van der Waals surface area contributed by atoms with Gasteiger partial charge in [0.15, 0.2) is 0 Å². The molecule has 0 aliphatic carbocycles. The van der Waals surface area contributed by atoms with Crippen molar-refractivity contribution in [3.8, 4) is 0 Å². The number of nitrogens with one attached hydrogen (secondary N) is 1. The van der Waals surface area contributed by atoms with Gasteiger partial charge in [0, 0.05) is 32.3 Å². The van der Waals surface area contributed by atoms with Gasteiger partial charge in [0.05, 0.1) is 0 Å². The molecule has 0 aromatic heterocycles. The van der Waals surface area contributed by atoms with Gasteiger partial charge in [-0.05, 0) is 18.9 Å². The Morgan fingerprint density at radius 3 is 2.92 bits per heavy atom. The molecule has 1 N–H and O–H groups in total. The van der Waals surface area contributed by atoms with Gasteiger partial charge < -0.3 is 5.32 Å². The number of piperidine rings is 1. The molecule has 0 unspecified atom stereocenters. The molecule has 0 aromatic carbocycles. The van der Waals surface area contributed by atoms with Gasteiger partial charge in [0.25, 0.3) is 0 Å². The molecule has 0 amide bonds. The molecule has 2 nitrogen and oxygen atoms in total. The molecule has 1 fully saturated rings. The third-order valence-corrected chi connectivity index (χ3v) is 2.50. The summed E-state index contributed by atoms with van der Waals surface area (Å²) in [6, 6.07) is 0. The second-order valence-electron chi connectivity index (χ2n) is 3.21. The van der Waals surface area contributed by atoms with Gasteiger partial charge >= 0.3 is 0 Å². The summed E-state index contributed by atoms with van der Waals surface area (Å²) in [6.45, 7) is 6.48. The van der Waals surface area contributed by atoms with Crippen LogP contribution in [0.2, 0.25) is 0 Å². The van der Waals surface area contributed by atoms with E-state index in [1.165, 1.54) is 16.9 Å². The van der Waals surface area contributed by atoms with Crippen LogP contribution >= 0.6 is 0 Å². The molecule has 0 radical (unpaired) electrons. The fraction of sp³-hybridized carbons (Fsp3) is 0.700. The quantitative estimate of drug-likeness (QED) is 0.631. The Kier molecular flexibility index (Phi) is 3.48. The summed E-state index contributed by atoms with van der Waals surface area (Å²) in [7, 11) is 1.89. The van der Waals surface area contributed by atoms with Gasteiger partial charge in [0.1, 0.15) is 0 Å². The Bertz CT molecular complexity index is 211. The fourth-order valence-corrected chi connectivity index (χ4v) is 1.53. The van der Waals surface area contributed by atoms with E-state index in [0.717, 1.165) is 25.9 Å². The zero-order valence-corrected chi connectivity index (χ0v) is 8.28. The zero-order chi connectivity index (χ0) is 8.97. The minimum atomic E-state index is 1.01. The van der Waals surface area contributed by atoms with E-state index in [4.69, 9.17) is 0 Å². The van der Waals surface area contributed by atoms with Crippen molar-refractivity contribution in [1.82, 2.24) is 5.32 Å². The number of allylic oxidation sites excluding steroid dienone is 1. The summed E-state index contributed by atoms with van der Waals surface area (Å²) in [5, 5.41) is 3.38. The summed E-state index contributed by atoms with van der Waals surface area (Å²) >= 11 is 0. The smallest absolute Gasteiger partial charge is 0.0401 e. The first-order chi connectivity index (χ1) is 5.79. The van der Waals surface area contributed by atoms with Crippen LogP contribution in [0.5, 0.6) is 0 Å². The molecule has 1 saturated heterocycles. The summed E-state index contributed by atoms with van der Waals surface area (Å²) in [5.74, 6) is 0. The molecule has 0 atom stereocenters. The topological polar surface area (TPSA) is 24.4 Å². The van der Waals surface area contributed by atoms with E-state index in [2.05, 4.69) is 24.2 Å². The Morgan fingerprint density at radius 2 is 2.33 bits per heavy atom. The van der Waals surface area contributed by atoms with Crippen molar-refractivity contribution >= 4 is 5.71 Å². The van der Waals surface area contributed by atoms with E-state index in [1.807, 2.05) is 7.05 Å². The summed E-state index contributed by atoms with van der Waals surface area (Å²) in [4.78, 5) is 4.32. The Morgan fingerprint density at radius 1 is 1.58 bits per heavy atom. The highest BCUT2D eigenvalue weighted by Crippen LogP contribution is 2.13. The molecule has 1 aliphatic rings. The van der Waals surface area contributed by atoms with Gasteiger partial charge in [-0.2, -0.15) is 0 Å². The highest BCUT2D eigenvalue weighted by atomic mass is 14.9. The first-order valence-corrected chi connectivity index (χ1v) is 4.65. The van der Waals surface area contributed by atoms with Crippen LogP contribution in [0.3, 0.4) is 0 Å². The highest BCUT2D eigenvalue weighted by Gasteiger charge is 2.13. The maximum absolute atomic E-state index is 4.32. The lowest BCUT2D eigenvalue weighted by atomic mass is 9.97. The third-order valence-electron chi connectivity index (χ3n) is 2.50. The highest BCUT2D eigenvalue weighted by molar-refractivity contribution is 6.01. The monoisotopic (exact) mass is 166 g/mol. The van der Waals surface area contributed by atoms with Crippen molar-refractivity contribution in [3.63, 3.8) is 0 Å². The Balaban J connectivity index is 2.85. The van der Waals surface area contributed by atoms with Gasteiger partial charge in [0.2, 0.25) is 0 Å². The molecule has 68 valence electrons. The number of rotatable bonds is 1. The number of aliphatic imine (C=N–C) groups is 1. The van der Waals surface area contributed by atoms with Gasteiger partial charge in [-0.25, -0.2) is 0 Å². The van der Waals surface area contributed by atoms with Crippen molar-refractivity contribution in [3.05, 3.63) is 11.1 Å². The van der Waals surface area contributed by atoms with E-state index in [1.54, 1.807) is 0 Å². The maximum Gasteiger partial charge on any atom is 0.0401 e. The average Bonchev–Trinajstić information content (AvgIpc) is 2.16. The molecule has 1 heterocycles. The Hall–Kier alpha value is -0.630. The molecule has 2 heteroatoms. The molecular weight excluding hydrogens is 148 g/mol. The van der Waals surface area contributed by atoms with Gasteiger partial charge in [-0.3, -0.25) is 4.99 Å². The third kappa shape index (κ3) is 1.95. The van der Waals surface area contributed by atoms with Crippen LogP contribution in [0, 0.1) is 0 Å². The molecule has 12 heavy (non-hydrogen) atoms. The normalized spacial score (nSPS) is 26.1. The minimum Gasteiger partial charge on any atom is -0.312 e. The molecule has 0 aromatic rings. The average molecular weight is 166 g/mol. The Labute approximate surface area is 74.8 Å². The van der Waals surface area contributed by atoms with Crippen LogP contribution in [0.4, 0.5) is 0 Å². The van der Waals surface area contributed by atoms with Crippen molar-refractivity contribution in [1.29, 1.82) is 0 Å². The van der Waals surface area contributed by atoms with E-state index in [-0.39, 0.29) is 0 Å². The summed E-state index contributed by atoms with van der Waals surface area (Å²) in [6.07, 6.45) is 2.22. The van der Waals surface area contributed by atoms with Crippen LogP contribution in [0.1, 0.15) is 26.7 Å².